The molecule has 0 saturated carbocycles. The number of rotatable bonds is 6. The van der Waals surface area contributed by atoms with Gasteiger partial charge in [0.1, 0.15) is 5.58 Å². The van der Waals surface area contributed by atoms with Crippen LogP contribution in [-0.2, 0) is 20.1 Å². The Labute approximate surface area is 386 Å². The van der Waals surface area contributed by atoms with Crippen molar-refractivity contribution in [1.82, 2.24) is 0 Å². The first kappa shape index (κ1) is 42.9. The number of hydrogen-bond acceptors (Lipinski definition) is 1. The van der Waals surface area contributed by atoms with Crippen LogP contribution >= 0.6 is 0 Å². The number of pyridine rings is 2. The topological polar surface area (TPSA) is 20.9 Å². The van der Waals surface area contributed by atoms with Gasteiger partial charge < -0.3 is 13.6 Å². The van der Waals surface area contributed by atoms with Crippen LogP contribution in [0.3, 0.4) is 0 Å². The fourth-order valence-electron chi connectivity index (χ4n) is 8.65. The molecule has 0 bridgehead atoms. The SMILES string of the molecule is [CH2-]c1cc2oc3cc(-c4cccc5ccccc45)ccc3c2cc1-c1cc(-c2ccccc2)cc[n+]1[CH2-].[CH2-]c1ccc(-c2ccccc2)cc1-c1cc(C)c([Si](C)(C)C)c[n+]1[CH2-].[Ir]. The van der Waals surface area contributed by atoms with Crippen LogP contribution in [0, 0.1) is 34.9 Å². The number of furan rings is 1. The Morgan fingerprint density at radius 3 is 1.78 bits per heavy atom. The van der Waals surface area contributed by atoms with Gasteiger partial charge in [0.05, 0.1) is 37.4 Å². The van der Waals surface area contributed by atoms with E-state index in [1.165, 1.54) is 43.8 Å². The Balaban J connectivity index is 0.000000184. The van der Waals surface area contributed by atoms with E-state index in [0.717, 1.165) is 66.7 Å². The third kappa shape index (κ3) is 8.56. The van der Waals surface area contributed by atoms with Gasteiger partial charge in [-0.15, -0.1) is 35.4 Å². The second-order valence-corrected chi connectivity index (χ2v) is 22.2. The normalized spacial score (nSPS) is 11.3. The molecule has 1 radical (unpaired) electrons. The molecule has 0 aliphatic carbocycles. The van der Waals surface area contributed by atoms with Crippen molar-refractivity contribution < 1.29 is 33.7 Å². The Hall–Kier alpha value is -6.75. The molecular weight excluding hydrogens is 961 g/mol. The first-order valence-electron chi connectivity index (χ1n) is 21.1. The summed E-state index contributed by atoms with van der Waals surface area (Å²) < 4.78 is 10.3. The fraction of sp³-hybridized carbons (Fsp3) is 0.0690. The molecule has 3 aromatic heterocycles. The number of fused-ring (bicyclic) bond motifs is 4. The fourth-order valence-corrected chi connectivity index (χ4v) is 10.5. The molecule has 10 aromatic rings. The Bertz CT molecular complexity index is 3270. The van der Waals surface area contributed by atoms with Crippen molar-refractivity contribution in [3.05, 3.63) is 227 Å². The maximum Gasteiger partial charge on any atom is 0.134 e. The molecule has 0 N–H and O–H groups in total. The standard InChI is InChI=1S/C35H24NO.C23H26NSi.Ir/c1-23-19-34-32(22-31(23)33-20-26(17-18-36(33)2)24-9-4-3-5-10-24)30-16-15-27(21-35(30)37-34)29-14-8-12-25-11-6-7-13-28(25)29;1-17-12-13-20(19-10-8-7-9-11-19)15-21(17)22-14-18(2)23(16-24(22)3)25(4,5)6;/h3-22H,1-2H2;7-16H,1,3H2,2,4-6H3;/q2*-1;. The largest absolute Gasteiger partial charge is 0.469 e. The zero-order valence-electron chi connectivity index (χ0n) is 36.3. The third-order valence-corrected chi connectivity index (χ3v) is 14.0. The summed E-state index contributed by atoms with van der Waals surface area (Å²) in [5.74, 6) is 0. The van der Waals surface area contributed by atoms with Crippen LogP contribution in [0.25, 0.3) is 88.6 Å². The Morgan fingerprint density at radius 2 is 1.06 bits per heavy atom. The smallest absolute Gasteiger partial charge is 0.134 e. The minimum Gasteiger partial charge on any atom is -0.469 e. The Morgan fingerprint density at radius 1 is 0.460 bits per heavy atom. The van der Waals surface area contributed by atoms with Crippen molar-refractivity contribution in [2.45, 2.75) is 26.6 Å². The maximum absolute atomic E-state index is 6.36. The van der Waals surface area contributed by atoms with Crippen molar-refractivity contribution in [1.29, 1.82) is 0 Å². The molecule has 313 valence electrons. The first-order chi connectivity index (χ1) is 29.9. The summed E-state index contributed by atoms with van der Waals surface area (Å²) in [6, 6.07) is 59.5. The molecule has 0 unspecified atom stereocenters. The summed E-state index contributed by atoms with van der Waals surface area (Å²) in [4.78, 5) is 0. The van der Waals surface area contributed by atoms with Gasteiger partial charge in [0, 0.05) is 45.0 Å². The number of benzene rings is 7. The van der Waals surface area contributed by atoms with Crippen molar-refractivity contribution in [2.75, 3.05) is 0 Å². The van der Waals surface area contributed by atoms with Gasteiger partial charge in [0.25, 0.3) is 0 Å². The average molecular weight is 1010 g/mol. The number of hydrogen-bond donors (Lipinski definition) is 0. The van der Waals surface area contributed by atoms with Crippen LogP contribution < -0.4 is 14.3 Å². The van der Waals surface area contributed by atoms with Crippen molar-refractivity contribution in [3.8, 4) is 55.9 Å². The molecule has 0 amide bonds. The van der Waals surface area contributed by atoms with Gasteiger partial charge in [-0.05, 0) is 69.3 Å². The van der Waals surface area contributed by atoms with Crippen LogP contribution in [0.2, 0.25) is 19.6 Å². The molecule has 63 heavy (non-hydrogen) atoms. The number of aromatic nitrogens is 2. The zero-order chi connectivity index (χ0) is 43.1. The van der Waals surface area contributed by atoms with Crippen LogP contribution in [0.15, 0.2) is 187 Å². The molecule has 5 heteroatoms. The van der Waals surface area contributed by atoms with E-state index in [1.54, 1.807) is 0 Å². The van der Waals surface area contributed by atoms with E-state index in [2.05, 4.69) is 212 Å². The van der Waals surface area contributed by atoms with Gasteiger partial charge >= 0.3 is 0 Å². The second kappa shape index (κ2) is 17.5. The second-order valence-electron chi connectivity index (χ2n) is 17.2. The quantitative estimate of drug-likeness (QED) is 0.0924. The number of nitrogens with zero attached hydrogens (tertiary/aromatic N) is 2. The molecular formula is C58H50IrN2OSi-2. The van der Waals surface area contributed by atoms with Gasteiger partial charge in [-0.2, -0.15) is 31.0 Å². The van der Waals surface area contributed by atoms with E-state index >= 15 is 0 Å². The van der Waals surface area contributed by atoms with Crippen molar-refractivity contribution >= 4 is 46.0 Å². The van der Waals surface area contributed by atoms with E-state index in [9.17, 15) is 0 Å². The van der Waals surface area contributed by atoms with Crippen molar-refractivity contribution in [2.24, 2.45) is 0 Å². The van der Waals surface area contributed by atoms with Crippen LogP contribution in [0.4, 0.5) is 0 Å². The van der Waals surface area contributed by atoms with Gasteiger partial charge in [0.15, 0.2) is 0 Å². The van der Waals surface area contributed by atoms with Gasteiger partial charge in [-0.1, -0.05) is 152 Å². The van der Waals surface area contributed by atoms with E-state index in [0.29, 0.717) is 0 Å². The summed E-state index contributed by atoms with van der Waals surface area (Å²) in [6.45, 7) is 17.9. The minimum absolute atomic E-state index is 0. The van der Waals surface area contributed by atoms with Crippen LogP contribution in [-0.4, -0.2) is 8.07 Å². The van der Waals surface area contributed by atoms with E-state index in [-0.39, 0.29) is 20.1 Å². The monoisotopic (exact) mass is 1010 g/mol. The molecule has 0 spiro atoms. The first-order valence-corrected chi connectivity index (χ1v) is 24.6. The molecule has 3 heterocycles. The Kier molecular flexibility index (Phi) is 12.0. The summed E-state index contributed by atoms with van der Waals surface area (Å²) in [7, 11) is 7.12. The molecule has 0 atom stereocenters. The summed E-state index contributed by atoms with van der Waals surface area (Å²) in [5, 5.41) is 6.09. The predicted octanol–water partition coefficient (Wildman–Crippen LogP) is 13.8. The molecule has 10 rings (SSSR count). The van der Waals surface area contributed by atoms with E-state index < -0.39 is 8.07 Å². The van der Waals surface area contributed by atoms with Gasteiger partial charge in [0.2, 0.25) is 0 Å². The van der Waals surface area contributed by atoms with Crippen LogP contribution in [0.1, 0.15) is 16.7 Å². The van der Waals surface area contributed by atoms with Gasteiger partial charge in [-0.25, -0.2) is 0 Å². The third-order valence-electron chi connectivity index (χ3n) is 11.9. The molecule has 0 fully saturated rings. The molecule has 0 aliphatic heterocycles. The predicted molar refractivity (Wildman–Crippen MR) is 263 cm³/mol. The van der Waals surface area contributed by atoms with Crippen LogP contribution in [0.5, 0.6) is 0 Å². The molecule has 0 aliphatic rings. The number of aryl methyl sites for hydroxylation is 1. The van der Waals surface area contributed by atoms with E-state index in [4.69, 9.17) is 4.42 Å². The average Bonchev–Trinajstić information content (AvgIpc) is 3.63. The minimum atomic E-state index is -1.39. The maximum atomic E-state index is 6.36. The summed E-state index contributed by atoms with van der Waals surface area (Å²) in [5.41, 5.74) is 16.4. The van der Waals surface area contributed by atoms with Crippen molar-refractivity contribution in [3.63, 3.8) is 0 Å². The van der Waals surface area contributed by atoms with E-state index in [1.807, 2.05) is 33.5 Å². The molecule has 0 saturated heterocycles. The summed E-state index contributed by atoms with van der Waals surface area (Å²) >= 11 is 0. The summed E-state index contributed by atoms with van der Waals surface area (Å²) in [6.07, 6.45) is 4.22. The molecule has 3 nitrogen and oxygen atoms in total. The molecule has 7 aromatic carbocycles. The zero-order valence-corrected chi connectivity index (χ0v) is 39.7. The van der Waals surface area contributed by atoms with Gasteiger partial charge in [-0.3, -0.25) is 0 Å².